The molecule has 20 heavy (non-hydrogen) atoms. The van der Waals surface area contributed by atoms with Crippen molar-refractivity contribution in [3.8, 4) is 0 Å². The van der Waals surface area contributed by atoms with Crippen molar-refractivity contribution in [3.63, 3.8) is 0 Å². The van der Waals surface area contributed by atoms with Crippen LogP contribution in [0.5, 0.6) is 0 Å². The topological polar surface area (TPSA) is 55.1 Å². The molecule has 0 heterocycles. The second-order valence-corrected chi connectivity index (χ2v) is 5.45. The normalized spacial score (nSPS) is 12.4. The van der Waals surface area contributed by atoms with Crippen molar-refractivity contribution in [2.45, 2.75) is 59.0 Å². The largest absolute Gasteiger partial charge is 0.349 e. The van der Waals surface area contributed by atoms with E-state index >= 15 is 0 Å². The van der Waals surface area contributed by atoms with Gasteiger partial charge in [-0.05, 0) is 30.9 Å². The molecule has 1 aromatic carbocycles. The van der Waals surface area contributed by atoms with Crippen molar-refractivity contribution in [1.82, 2.24) is 5.32 Å². The van der Waals surface area contributed by atoms with Crippen LogP contribution in [-0.2, 0) is 11.3 Å². The predicted octanol–water partition coefficient (Wildman–Crippen LogP) is 3.54. The Morgan fingerprint density at radius 2 is 1.70 bits per heavy atom. The van der Waals surface area contributed by atoms with Crippen LogP contribution in [0.25, 0.3) is 0 Å². The number of hydrogen-bond donors (Lipinski definition) is 2. The van der Waals surface area contributed by atoms with Crippen molar-refractivity contribution < 1.29 is 4.79 Å². The van der Waals surface area contributed by atoms with Crippen LogP contribution in [0.3, 0.4) is 0 Å². The molecule has 1 rings (SSSR count). The first-order chi connectivity index (χ1) is 9.62. The van der Waals surface area contributed by atoms with Gasteiger partial charge in [-0.15, -0.1) is 0 Å². The van der Waals surface area contributed by atoms with Gasteiger partial charge in [0.1, 0.15) is 0 Å². The summed E-state index contributed by atoms with van der Waals surface area (Å²) >= 11 is 0. The van der Waals surface area contributed by atoms with E-state index < -0.39 is 0 Å². The van der Waals surface area contributed by atoms with Crippen LogP contribution in [0.15, 0.2) is 24.3 Å². The number of carbonyl (C=O) groups excluding carboxylic acids is 1. The fraction of sp³-hybridized carbons (Fsp3) is 0.588. The molecular weight excluding hydrogens is 248 g/mol. The molecule has 0 saturated carbocycles. The third-order valence-electron chi connectivity index (χ3n) is 3.72. The molecule has 0 fully saturated rings. The van der Waals surface area contributed by atoms with E-state index in [2.05, 4.69) is 19.2 Å². The van der Waals surface area contributed by atoms with Crippen molar-refractivity contribution in [3.05, 3.63) is 35.4 Å². The third kappa shape index (κ3) is 4.97. The van der Waals surface area contributed by atoms with Crippen LogP contribution in [0.1, 0.15) is 63.6 Å². The minimum atomic E-state index is 0.0468. The van der Waals surface area contributed by atoms with Crippen LogP contribution in [-0.4, -0.2) is 5.91 Å². The number of carbonyl (C=O) groups is 1. The Morgan fingerprint density at radius 1 is 1.15 bits per heavy atom. The third-order valence-corrected chi connectivity index (χ3v) is 3.72. The van der Waals surface area contributed by atoms with Gasteiger partial charge in [0.05, 0.1) is 6.04 Å². The van der Waals surface area contributed by atoms with Gasteiger partial charge in [-0.25, -0.2) is 0 Å². The molecule has 0 saturated heterocycles. The predicted molar refractivity (Wildman–Crippen MR) is 84.2 cm³/mol. The Bertz CT molecular complexity index is 394. The Labute approximate surface area is 122 Å². The lowest BCUT2D eigenvalue weighted by molar-refractivity contribution is -0.126. The summed E-state index contributed by atoms with van der Waals surface area (Å²) in [6, 6.07) is 8.18. The standard InChI is InChI=1S/C17H28N2O/c1-4-6-16(7-5-2)17(20)19-13(3)15-10-8-14(12-18)9-11-15/h8-11,13,16H,4-7,12,18H2,1-3H3,(H,19,20). The van der Waals surface area contributed by atoms with E-state index in [1.807, 2.05) is 31.2 Å². The van der Waals surface area contributed by atoms with Crippen LogP contribution in [0.2, 0.25) is 0 Å². The number of benzene rings is 1. The van der Waals surface area contributed by atoms with Gasteiger partial charge in [-0.1, -0.05) is 51.0 Å². The van der Waals surface area contributed by atoms with Crippen molar-refractivity contribution >= 4 is 5.91 Å². The average molecular weight is 276 g/mol. The molecule has 0 aliphatic heterocycles. The smallest absolute Gasteiger partial charge is 0.223 e. The zero-order valence-electron chi connectivity index (χ0n) is 13.0. The quantitative estimate of drug-likeness (QED) is 0.763. The molecule has 1 amide bonds. The summed E-state index contributed by atoms with van der Waals surface area (Å²) in [5.74, 6) is 0.333. The summed E-state index contributed by atoms with van der Waals surface area (Å²) in [6.45, 7) is 6.84. The number of nitrogens with one attached hydrogen (secondary N) is 1. The zero-order valence-corrected chi connectivity index (χ0v) is 13.0. The van der Waals surface area contributed by atoms with Crippen LogP contribution >= 0.6 is 0 Å². The fourth-order valence-electron chi connectivity index (χ4n) is 2.46. The van der Waals surface area contributed by atoms with Crippen molar-refractivity contribution in [2.75, 3.05) is 0 Å². The highest BCUT2D eigenvalue weighted by atomic mass is 16.1. The maximum absolute atomic E-state index is 12.3. The number of nitrogens with two attached hydrogens (primary N) is 1. The van der Waals surface area contributed by atoms with Gasteiger partial charge in [0.2, 0.25) is 5.91 Å². The molecule has 1 unspecified atom stereocenters. The fourth-order valence-corrected chi connectivity index (χ4v) is 2.46. The van der Waals surface area contributed by atoms with Crippen LogP contribution < -0.4 is 11.1 Å². The minimum Gasteiger partial charge on any atom is -0.349 e. The van der Waals surface area contributed by atoms with E-state index in [0.29, 0.717) is 6.54 Å². The maximum atomic E-state index is 12.3. The summed E-state index contributed by atoms with van der Waals surface area (Å²) in [4.78, 5) is 12.3. The SMILES string of the molecule is CCCC(CCC)C(=O)NC(C)c1ccc(CN)cc1. The van der Waals surface area contributed by atoms with Gasteiger partial charge in [0.15, 0.2) is 0 Å². The van der Waals surface area contributed by atoms with Gasteiger partial charge >= 0.3 is 0 Å². The second kappa shape index (κ2) is 8.75. The monoisotopic (exact) mass is 276 g/mol. The van der Waals surface area contributed by atoms with Gasteiger partial charge in [0.25, 0.3) is 0 Å². The minimum absolute atomic E-state index is 0.0468. The molecule has 0 aliphatic rings. The summed E-state index contributed by atoms with van der Waals surface area (Å²) in [7, 11) is 0. The maximum Gasteiger partial charge on any atom is 0.223 e. The van der Waals surface area contributed by atoms with E-state index in [-0.39, 0.29) is 17.9 Å². The van der Waals surface area contributed by atoms with Gasteiger partial charge in [0, 0.05) is 12.5 Å². The molecule has 0 aromatic heterocycles. The molecule has 1 aromatic rings. The zero-order chi connectivity index (χ0) is 15.0. The Morgan fingerprint density at radius 3 is 2.15 bits per heavy atom. The lowest BCUT2D eigenvalue weighted by Gasteiger charge is -2.20. The first kappa shape index (κ1) is 16.7. The van der Waals surface area contributed by atoms with Gasteiger partial charge < -0.3 is 11.1 Å². The molecule has 0 radical (unpaired) electrons. The lowest BCUT2D eigenvalue weighted by Crippen LogP contribution is -2.32. The van der Waals surface area contributed by atoms with E-state index in [0.717, 1.165) is 36.8 Å². The summed E-state index contributed by atoms with van der Waals surface area (Å²) in [5, 5.41) is 3.13. The van der Waals surface area contributed by atoms with Crippen molar-refractivity contribution in [1.29, 1.82) is 0 Å². The molecule has 1 atom stereocenters. The summed E-state index contributed by atoms with van der Waals surface area (Å²) in [5.41, 5.74) is 7.83. The molecule has 3 nitrogen and oxygen atoms in total. The van der Waals surface area contributed by atoms with E-state index in [1.54, 1.807) is 0 Å². The Hall–Kier alpha value is -1.35. The molecular formula is C17H28N2O. The van der Waals surface area contributed by atoms with Crippen LogP contribution in [0, 0.1) is 5.92 Å². The van der Waals surface area contributed by atoms with Crippen molar-refractivity contribution in [2.24, 2.45) is 11.7 Å². The van der Waals surface area contributed by atoms with E-state index in [1.165, 1.54) is 0 Å². The number of hydrogen-bond acceptors (Lipinski definition) is 2. The molecule has 3 heteroatoms. The van der Waals surface area contributed by atoms with E-state index in [4.69, 9.17) is 5.73 Å². The highest BCUT2D eigenvalue weighted by molar-refractivity contribution is 5.79. The number of rotatable bonds is 8. The molecule has 112 valence electrons. The van der Waals surface area contributed by atoms with Gasteiger partial charge in [-0.2, -0.15) is 0 Å². The van der Waals surface area contributed by atoms with Crippen LogP contribution in [0.4, 0.5) is 0 Å². The highest BCUT2D eigenvalue weighted by Crippen LogP contribution is 2.18. The first-order valence-corrected chi connectivity index (χ1v) is 7.71. The molecule has 0 spiro atoms. The molecule has 3 N–H and O–H groups in total. The Kier molecular flexibility index (Phi) is 7.31. The number of amides is 1. The Balaban J connectivity index is 2.62. The van der Waals surface area contributed by atoms with Gasteiger partial charge in [-0.3, -0.25) is 4.79 Å². The first-order valence-electron chi connectivity index (χ1n) is 7.71. The summed E-state index contributed by atoms with van der Waals surface area (Å²) in [6.07, 6.45) is 4.05. The lowest BCUT2D eigenvalue weighted by atomic mass is 9.96. The summed E-state index contributed by atoms with van der Waals surface area (Å²) < 4.78 is 0. The molecule has 0 aliphatic carbocycles. The molecule has 0 bridgehead atoms. The van der Waals surface area contributed by atoms with E-state index in [9.17, 15) is 4.79 Å². The second-order valence-electron chi connectivity index (χ2n) is 5.45. The average Bonchev–Trinajstić information content (AvgIpc) is 2.47. The highest BCUT2D eigenvalue weighted by Gasteiger charge is 2.18.